The van der Waals surface area contributed by atoms with Crippen LogP contribution in [0.2, 0.25) is 0 Å². The number of unbranched alkanes of at least 4 members (excludes halogenated alkanes) is 30. The van der Waals surface area contributed by atoms with Gasteiger partial charge in [-0.05, 0) is 70.6 Å². The zero-order valence-corrected chi connectivity index (χ0v) is 37.8. The van der Waals surface area contributed by atoms with Gasteiger partial charge in [0, 0.05) is 0 Å². The first kappa shape index (κ1) is 55.5. The molecule has 6 heteroatoms. The molecular formula is C51H97NO5. The van der Waals surface area contributed by atoms with Crippen molar-refractivity contribution < 1.29 is 25.2 Å². The monoisotopic (exact) mass is 804 g/mol. The molecule has 0 bridgehead atoms. The van der Waals surface area contributed by atoms with Crippen molar-refractivity contribution in [3.63, 3.8) is 0 Å². The van der Waals surface area contributed by atoms with Crippen molar-refractivity contribution in [1.29, 1.82) is 0 Å². The van der Waals surface area contributed by atoms with Crippen LogP contribution in [0.3, 0.4) is 0 Å². The maximum atomic E-state index is 12.5. The molecule has 0 aromatic carbocycles. The molecule has 57 heavy (non-hydrogen) atoms. The van der Waals surface area contributed by atoms with Crippen molar-refractivity contribution in [2.45, 2.75) is 276 Å². The summed E-state index contributed by atoms with van der Waals surface area (Å²) in [5.74, 6) is -0.595. The third kappa shape index (κ3) is 39.7. The van der Waals surface area contributed by atoms with E-state index in [9.17, 15) is 25.2 Å². The predicted molar refractivity (Wildman–Crippen MR) is 247 cm³/mol. The quantitative estimate of drug-likeness (QED) is 0.0311. The highest BCUT2D eigenvalue weighted by atomic mass is 16.3. The first-order valence-corrected chi connectivity index (χ1v) is 24.9. The number of aliphatic hydroxyl groups is 4. The molecular weight excluding hydrogens is 707 g/mol. The largest absolute Gasteiger partial charge is 0.394 e. The molecule has 0 radical (unpaired) electrons. The smallest absolute Gasteiger partial charge is 0.249 e. The molecule has 336 valence electrons. The average molecular weight is 804 g/mol. The van der Waals surface area contributed by atoms with E-state index in [0.29, 0.717) is 12.8 Å². The Labute approximate surface area is 354 Å². The number of allylic oxidation sites excluding steroid dienone is 6. The number of hydrogen-bond donors (Lipinski definition) is 5. The third-order valence-electron chi connectivity index (χ3n) is 11.6. The molecule has 0 aliphatic rings. The Balaban J connectivity index is 3.70. The first-order valence-electron chi connectivity index (χ1n) is 24.9. The maximum absolute atomic E-state index is 12.5. The van der Waals surface area contributed by atoms with Crippen molar-refractivity contribution in [3.8, 4) is 0 Å². The summed E-state index contributed by atoms with van der Waals surface area (Å²) in [6, 6.07) is -1.00. The SMILES string of the molecule is CCCCCCCCCCC/C=C\C/C=C\CCCCCCCCCCCCC(O)C(=O)NC(CO)C(O)C(O)CCC/C=C/CCCCCCCCCCCC. The molecule has 0 aliphatic carbocycles. The molecule has 0 spiro atoms. The minimum atomic E-state index is -1.28. The van der Waals surface area contributed by atoms with E-state index in [-0.39, 0.29) is 0 Å². The minimum absolute atomic E-state index is 0.359. The second-order valence-electron chi connectivity index (χ2n) is 17.2. The molecule has 5 N–H and O–H groups in total. The van der Waals surface area contributed by atoms with E-state index in [2.05, 4.69) is 55.6 Å². The number of carbonyl (C=O) groups excluding carboxylic acids is 1. The van der Waals surface area contributed by atoms with Crippen LogP contribution in [0.15, 0.2) is 36.5 Å². The molecule has 0 saturated carbocycles. The topological polar surface area (TPSA) is 110 Å². The van der Waals surface area contributed by atoms with Gasteiger partial charge >= 0.3 is 0 Å². The summed E-state index contributed by atoms with van der Waals surface area (Å²) >= 11 is 0. The summed E-state index contributed by atoms with van der Waals surface area (Å²) in [5, 5.41) is 43.8. The number of amides is 1. The van der Waals surface area contributed by atoms with Crippen LogP contribution in [-0.4, -0.2) is 57.3 Å². The lowest BCUT2D eigenvalue weighted by atomic mass is 10.00. The Morgan fingerprint density at radius 1 is 0.439 bits per heavy atom. The predicted octanol–water partition coefficient (Wildman–Crippen LogP) is 13.7. The highest BCUT2D eigenvalue weighted by Crippen LogP contribution is 2.16. The summed E-state index contributed by atoms with van der Waals surface area (Å²) in [5.41, 5.74) is 0. The van der Waals surface area contributed by atoms with Gasteiger partial charge in [-0.25, -0.2) is 0 Å². The summed E-state index contributed by atoms with van der Waals surface area (Å²) < 4.78 is 0. The number of aliphatic hydroxyl groups excluding tert-OH is 4. The Bertz CT molecular complexity index is 904. The van der Waals surface area contributed by atoms with Crippen molar-refractivity contribution in [3.05, 3.63) is 36.5 Å². The number of carbonyl (C=O) groups is 1. The standard InChI is InChI=1S/C51H97NO5/c1-3-5-7-9-11-13-15-17-19-20-21-22-23-24-25-26-27-28-29-31-33-35-37-39-41-43-45-49(55)51(57)52-47(46-53)50(56)48(54)44-42-40-38-36-34-32-30-18-16-14-12-10-8-6-4-2/h21-22,24-25,36,38,47-50,53-56H,3-20,23,26-35,37,39-46H2,1-2H3,(H,52,57)/b22-21-,25-24-,38-36+. The fourth-order valence-corrected chi connectivity index (χ4v) is 7.61. The lowest BCUT2D eigenvalue weighted by molar-refractivity contribution is -0.132. The number of nitrogens with one attached hydrogen (secondary N) is 1. The Hall–Kier alpha value is -1.47. The van der Waals surface area contributed by atoms with Gasteiger partial charge in [0.05, 0.1) is 18.8 Å². The Kier molecular flexibility index (Phi) is 44.4. The van der Waals surface area contributed by atoms with Crippen molar-refractivity contribution in [1.82, 2.24) is 5.32 Å². The van der Waals surface area contributed by atoms with E-state index < -0.39 is 36.9 Å². The molecule has 1 amide bonds. The Morgan fingerprint density at radius 2 is 0.772 bits per heavy atom. The zero-order valence-electron chi connectivity index (χ0n) is 37.8. The van der Waals surface area contributed by atoms with Gasteiger partial charge in [-0.1, -0.05) is 217 Å². The van der Waals surface area contributed by atoms with Crippen molar-refractivity contribution in [2.24, 2.45) is 0 Å². The van der Waals surface area contributed by atoms with Gasteiger partial charge in [0.2, 0.25) is 5.91 Å². The fraction of sp³-hybridized carbons (Fsp3) is 0.863. The number of rotatable bonds is 45. The Morgan fingerprint density at radius 3 is 1.16 bits per heavy atom. The van der Waals surface area contributed by atoms with E-state index in [4.69, 9.17) is 0 Å². The van der Waals surface area contributed by atoms with Crippen LogP contribution in [0.25, 0.3) is 0 Å². The molecule has 0 aromatic heterocycles. The normalized spacial score (nSPS) is 14.3. The lowest BCUT2D eigenvalue weighted by Crippen LogP contribution is -2.53. The van der Waals surface area contributed by atoms with Crippen LogP contribution >= 0.6 is 0 Å². The highest BCUT2D eigenvalue weighted by molar-refractivity contribution is 5.80. The number of hydrogen-bond acceptors (Lipinski definition) is 5. The van der Waals surface area contributed by atoms with Gasteiger partial charge < -0.3 is 25.7 Å². The third-order valence-corrected chi connectivity index (χ3v) is 11.6. The lowest BCUT2D eigenvalue weighted by Gasteiger charge is -2.27. The van der Waals surface area contributed by atoms with Gasteiger partial charge in [-0.15, -0.1) is 0 Å². The maximum Gasteiger partial charge on any atom is 0.249 e. The summed E-state index contributed by atoms with van der Waals surface area (Å²) in [6.07, 6.45) is 54.8. The van der Waals surface area contributed by atoms with Crippen molar-refractivity contribution in [2.75, 3.05) is 6.61 Å². The van der Waals surface area contributed by atoms with E-state index in [1.807, 2.05) is 0 Å². The highest BCUT2D eigenvalue weighted by Gasteiger charge is 2.28. The molecule has 6 nitrogen and oxygen atoms in total. The van der Waals surface area contributed by atoms with Gasteiger partial charge in [0.15, 0.2) is 0 Å². The second kappa shape index (κ2) is 45.6. The van der Waals surface area contributed by atoms with Crippen LogP contribution in [-0.2, 0) is 4.79 Å². The van der Waals surface area contributed by atoms with Crippen LogP contribution in [0.1, 0.15) is 251 Å². The van der Waals surface area contributed by atoms with E-state index >= 15 is 0 Å². The van der Waals surface area contributed by atoms with Gasteiger partial charge in [-0.2, -0.15) is 0 Å². The molecule has 0 heterocycles. The van der Waals surface area contributed by atoms with Gasteiger partial charge in [0.1, 0.15) is 12.2 Å². The second-order valence-corrected chi connectivity index (χ2v) is 17.2. The molecule has 0 fully saturated rings. The fourth-order valence-electron chi connectivity index (χ4n) is 7.61. The van der Waals surface area contributed by atoms with Gasteiger partial charge in [0.25, 0.3) is 0 Å². The average Bonchev–Trinajstić information content (AvgIpc) is 3.22. The van der Waals surface area contributed by atoms with Crippen LogP contribution in [0.5, 0.6) is 0 Å². The summed E-state index contributed by atoms with van der Waals surface area (Å²) in [6.45, 7) is 4.05. The van der Waals surface area contributed by atoms with E-state index in [1.165, 1.54) is 180 Å². The van der Waals surface area contributed by atoms with Gasteiger partial charge in [-0.3, -0.25) is 4.79 Å². The van der Waals surface area contributed by atoms with Crippen LogP contribution < -0.4 is 5.32 Å². The molecule has 0 aliphatic heterocycles. The molecule has 0 rings (SSSR count). The van der Waals surface area contributed by atoms with Crippen LogP contribution in [0.4, 0.5) is 0 Å². The van der Waals surface area contributed by atoms with E-state index in [0.717, 1.165) is 44.9 Å². The minimum Gasteiger partial charge on any atom is -0.394 e. The first-order chi connectivity index (χ1) is 28.0. The molecule has 0 aromatic rings. The van der Waals surface area contributed by atoms with E-state index in [1.54, 1.807) is 0 Å². The van der Waals surface area contributed by atoms with Crippen molar-refractivity contribution >= 4 is 5.91 Å². The molecule has 0 saturated heterocycles. The summed E-state index contributed by atoms with van der Waals surface area (Å²) in [4.78, 5) is 12.5. The molecule has 4 atom stereocenters. The zero-order chi connectivity index (χ0) is 41.7. The summed E-state index contributed by atoms with van der Waals surface area (Å²) in [7, 11) is 0. The van der Waals surface area contributed by atoms with Crippen LogP contribution in [0, 0.1) is 0 Å². The molecule has 4 unspecified atom stereocenters.